The van der Waals surface area contributed by atoms with Crippen LogP contribution in [0.1, 0.15) is 15.9 Å². The van der Waals surface area contributed by atoms with Crippen LogP contribution in [0.2, 0.25) is 0 Å². The highest BCUT2D eigenvalue weighted by atomic mass is 19.1. The van der Waals surface area contributed by atoms with Crippen molar-refractivity contribution in [2.75, 3.05) is 6.79 Å². The molecule has 1 aliphatic heterocycles. The Labute approximate surface area is 188 Å². The summed E-state index contributed by atoms with van der Waals surface area (Å²) in [5.41, 5.74) is 2.09. The molecule has 0 spiro atoms. The topological polar surface area (TPSA) is 82.6 Å². The molecule has 33 heavy (non-hydrogen) atoms. The monoisotopic (exact) mass is 443 g/mol. The van der Waals surface area contributed by atoms with E-state index in [0.29, 0.717) is 46.6 Å². The maximum absolute atomic E-state index is 13.1. The van der Waals surface area contributed by atoms with Gasteiger partial charge in [-0.05, 0) is 66.2 Å². The van der Waals surface area contributed by atoms with Gasteiger partial charge in [0.1, 0.15) is 11.6 Å². The second-order valence-electron chi connectivity index (χ2n) is 7.22. The van der Waals surface area contributed by atoms with E-state index in [-0.39, 0.29) is 18.5 Å². The molecule has 7 nitrogen and oxygen atoms in total. The number of nitrogens with one attached hydrogen (secondary N) is 1. The maximum Gasteiger partial charge on any atom is 0.251 e. The summed E-state index contributed by atoms with van der Waals surface area (Å²) in [4.78, 5) is 21.1. The van der Waals surface area contributed by atoms with Crippen molar-refractivity contribution in [1.82, 2.24) is 15.3 Å². The number of halogens is 1. The summed E-state index contributed by atoms with van der Waals surface area (Å²) in [5.74, 6) is 2.12. The van der Waals surface area contributed by atoms with Gasteiger partial charge in [0.2, 0.25) is 12.7 Å². The van der Waals surface area contributed by atoms with Crippen LogP contribution in [0.3, 0.4) is 0 Å². The van der Waals surface area contributed by atoms with Gasteiger partial charge in [0.05, 0.1) is 0 Å². The highest BCUT2D eigenvalue weighted by Crippen LogP contribution is 2.32. The molecule has 4 aromatic rings. The summed E-state index contributed by atoms with van der Waals surface area (Å²) in [6.45, 7) is 0.572. The molecule has 0 aliphatic carbocycles. The van der Waals surface area contributed by atoms with Gasteiger partial charge in [-0.15, -0.1) is 0 Å². The van der Waals surface area contributed by atoms with E-state index in [9.17, 15) is 9.18 Å². The number of ether oxygens (including phenoxy) is 3. The van der Waals surface area contributed by atoms with Gasteiger partial charge in [-0.1, -0.05) is 6.07 Å². The zero-order valence-electron chi connectivity index (χ0n) is 17.3. The van der Waals surface area contributed by atoms with Crippen LogP contribution < -0.4 is 19.5 Å². The molecule has 8 heteroatoms. The summed E-state index contributed by atoms with van der Waals surface area (Å²) in [7, 11) is 0. The highest BCUT2D eigenvalue weighted by molar-refractivity contribution is 5.94. The van der Waals surface area contributed by atoms with E-state index in [1.165, 1.54) is 12.1 Å². The molecule has 0 bridgehead atoms. The van der Waals surface area contributed by atoms with E-state index in [1.54, 1.807) is 48.7 Å². The van der Waals surface area contributed by atoms with E-state index in [1.807, 2.05) is 18.2 Å². The molecule has 1 aromatic heterocycles. The Morgan fingerprint density at radius 3 is 2.58 bits per heavy atom. The molecular formula is C25H18FN3O4. The summed E-state index contributed by atoms with van der Waals surface area (Å²) in [6.07, 6.45) is 1.57. The van der Waals surface area contributed by atoms with Crippen molar-refractivity contribution >= 4 is 5.91 Å². The Morgan fingerprint density at radius 1 is 0.970 bits per heavy atom. The van der Waals surface area contributed by atoms with Crippen molar-refractivity contribution in [3.8, 4) is 34.5 Å². The van der Waals surface area contributed by atoms with Crippen LogP contribution in [0.5, 0.6) is 23.1 Å². The Bertz CT molecular complexity index is 1290. The quantitative estimate of drug-likeness (QED) is 0.464. The van der Waals surface area contributed by atoms with Crippen LogP contribution in [0.25, 0.3) is 11.4 Å². The normalized spacial score (nSPS) is 11.8. The van der Waals surface area contributed by atoms with Crippen molar-refractivity contribution < 1.29 is 23.4 Å². The Kier molecular flexibility index (Phi) is 5.55. The second-order valence-corrected chi connectivity index (χ2v) is 7.22. The van der Waals surface area contributed by atoms with Crippen LogP contribution in [-0.2, 0) is 6.54 Å². The van der Waals surface area contributed by atoms with E-state index in [4.69, 9.17) is 14.2 Å². The standard InChI is InChI=1S/C25H18FN3O4/c26-19-6-2-17(3-7-19)24-27-12-11-23(29-24)33-20-8-4-18(5-9-20)25(30)28-14-16-1-10-21-22(13-16)32-15-31-21/h1-13H,14-15H2,(H,28,30). The number of nitrogens with zero attached hydrogens (tertiary/aromatic N) is 2. The number of aromatic nitrogens is 2. The molecule has 0 atom stereocenters. The van der Waals surface area contributed by atoms with Crippen molar-refractivity contribution in [1.29, 1.82) is 0 Å². The zero-order chi connectivity index (χ0) is 22.6. The fourth-order valence-corrected chi connectivity index (χ4v) is 3.27. The van der Waals surface area contributed by atoms with E-state index in [2.05, 4.69) is 15.3 Å². The summed E-state index contributed by atoms with van der Waals surface area (Å²) >= 11 is 0. The van der Waals surface area contributed by atoms with Gasteiger partial charge in [-0.2, -0.15) is 4.98 Å². The fourth-order valence-electron chi connectivity index (χ4n) is 3.27. The number of hydrogen-bond donors (Lipinski definition) is 1. The molecule has 1 amide bonds. The number of amides is 1. The van der Waals surface area contributed by atoms with Crippen molar-refractivity contribution in [2.45, 2.75) is 6.54 Å². The molecule has 164 valence electrons. The average Bonchev–Trinajstić information content (AvgIpc) is 3.32. The number of carbonyl (C=O) groups excluding carboxylic acids is 1. The first-order chi connectivity index (χ1) is 16.1. The minimum Gasteiger partial charge on any atom is -0.454 e. The molecule has 0 unspecified atom stereocenters. The fraction of sp³-hybridized carbons (Fsp3) is 0.0800. The predicted octanol–water partition coefficient (Wildman–Crippen LogP) is 4.73. The highest BCUT2D eigenvalue weighted by Gasteiger charge is 2.14. The van der Waals surface area contributed by atoms with Crippen molar-refractivity contribution in [3.63, 3.8) is 0 Å². The lowest BCUT2D eigenvalue weighted by molar-refractivity contribution is 0.0951. The maximum atomic E-state index is 13.1. The minimum atomic E-state index is -0.328. The summed E-state index contributed by atoms with van der Waals surface area (Å²) in [5, 5.41) is 2.88. The SMILES string of the molecule is O=C(NCc1ccc2c(c1)OCO2)c1ccc(Oc2ccnc(-c3ccc(F)cc3)n2)cc1. The Balaban J connectivity index is 1.21. The second kappa shape index (κ2) is 8.96. The molecular weight excluding hydrogens is 425 g/mol. The molecule has 2 heterocycles. The zero-order valence-corrected chi connectivity index (χ0v) is 17.3. The molecule has 1 N–H and O–H groups in total. The van der Waals surface area contributed by atoms with Crippen molar-refractivity contribution in [3.05, 3.63) is 95.9 Å². The van der Waals surface area contributed by atoms with Crippen LogP contribution in [0.15, 0.2) is 79.0 Å². The lowest BCUT2D eigenvalue weighted by Crippen LogP contribution is -2.22. The van der Waals surface area contributed by atoms with Crippen LogP contribution in [0.4, 0.5) is 4.39 Å². The predicted molar refractivity (Wildman–Crippen MR) is 118 cm³/mol. The number of fused-ring (bicyclic) bond motifs is 1. The van der Waals surface area contributed by atoms with Gasteiger partial charge < -0.3 is 19.5 Å². The van der Waals surface area contributed by atoms with E-state index >= 15 is 0 Å². The molecule has 1 aliphatic rings. The number of benzene rings is 3. The van der Waals surface area contributed by atoms with Gasteiger partial charge in [0.25, 0.3) is 5.91 Å². The number of hydrogen-bond acceptors (Lipinski definition) is 6. The van der Waals surface area contributed by atoms with Crippen LogP contribution >= 0.6 is 0 Å². The summed E-state index contributed by atoms with van der Waals surface area (Å²) in [6, 6.07) is 19.8. The smallest absolute Gasteiger partial charge is 0.251 e. The summed E-state index contributed by atoms with van der Waals surface area (Å²) < 4.78 is 29.6. The first-order valence-corrected chi connectivity index (χ1v) is 10.2. The third kappa shape index (κ3) is 4.74. The molecule has 3 aromatic carbocycles. The largest absolute Gasteiger partial charge is 0.454 e. The van der Waals surface area contributed by atoms with Gasteiger partial charge in [-0.25, -0.2) is 9.37 Å². The van der Waals surface area contributed by atoms with Crippen LogP contribution in [-0.4, -0.2) is 22.7 Å². The lowest BCUT2D eigenvalue weighted by atomic mass is 10.1. The van der Waals surface area contributed by atoms with Gasteiger partial charge in [-0.3, -0.25) is 4.79 Å². The van der Waals surface area contributed by atoms with E-state index < -0.39 is 0 Å². The molecule has 0 radical (unpaired) electrons. The number of rotatable bonds is 6. The minimum absolute atomic E-state index is 0.208. The number of carbonyl (C=O) groups is 1. The van der Waals surface area contributed by atoms with E-state index in [0.717, 1.165) is 5.56 Å². The lowest BCUT2D eigenvalue weighted by Gasteiger charge is -2.08. The third-order valence-corrected chi connectivity index (χ3v) is 4.96. The molecule has 0 saturated carbocycles. The first kappa shape index (κ1) is 20.4. The van der Waals surface area contributed by atoms with Gasteiger partial charge >= 0.3 is 0 Å². The molecule has 0 fully saturated rings. The molecule has 5 rings (SSSR count). The van der Waals surface area contributed by atoms with Crippen molar-refractivity contribution in [2.24, 2.45) is 0 Å². The van der Waals surface area contributed by atoms with Crippen LogP contribution in [0, 0.1) is 5.82 Å². The van der Waals surface area contributed by atoms with Gasteiger partial charge in [0.15, 0.2) is 17.3 Å². The first-order valence-electron chi connectivity index (χ1n) is 10.2. The average molecular weight is 443 g/mol. The molecule has 0 saturated heterocycles. The Hall–Kier alpha value is -4.46. The Morgan fingerprint density at radius 2 is 1.76 bits per heavy atom. The van der Waals surface area contributed by atoms with Gasteiger partial charge in [0, 0.05) is 29.9 Å². The third-order valence-electron chi connectivity index (χ3n) is 4.96.